The van der Waals surface area contributed by atoms with Crippen LogP contribution in [0.4, 0.5) is 9.18 Å². The molecule has 6 heteroatoms. The average molecular weight is 286 g/mol. The number of likely N-dealkylation sites (tertiary alicyclic amines) is 1. The Hall–Kier alpha value is -1.62. The zero-order valence-electron chi connectivity index (χ0n) is 10.3. The highest BCUT2D eigenvalue weighted by atomic mass is 35.5. The summed E-state index contributed by atoms with van der Waals surface area (Å²) in [5.41, 5.74) is 0.483. The van der Waals surface area contributed by atoms with Crippen LogP contribution in [0.15, 0.2) is 18.2 Å². The molecule has 2 rings (SSSR count). The van der Waals surface area contributed by atoms with Gasteiger partial charge in [-0.05, 0) is 43.5 Å². The van der Waals surface area contributed by atoms with Crippen LogP contribution in [-0.2, 0) is 4.79 Å². The quantitative estimate of drug-likeness (QED) is 0.907. The summed E-state index contributed by atoms with van der Waals surface area (Å²) < 4.78 is 13.3. The predicted molar refractivity (Wildman–Crippen MR) is 67.7 cm³/mol. The highest BCUT2D eigenvalue weighted by molar-refractivity contribution is 6.30. The molecule has 102 valence electrons. The van der Waals surface area contributed by atoms with Gasteiger partial charge >= 0.3 is 6.09 Å². The van der Waals surface area contributed by atoms with E-state index in [1.54, 1.807) is 0 Å². The van der Waals surface area contributed by atoms with E-state index in [0.29, 0.717) is 18.4 Å². The van der Waals surface area contributed by atoms with Gasteiger partial charge in [0.25, 0.3) is 0 Å². The van der Waals surface area contributed by atoms with Crippen molar-refractivity contribution in [2.45, 2.75) is 31.8 Å². The van der Waals surface area contributed by atoms with Crippen molar-refractivity contribution in [3.63, 3.8) is 0 Å². The van der Waals surface area contributed by atoms with E-state index >= 15 is 0 Å². The second-order valence-corrected chi connectivity index (χ2v) is 5.05. The molecule has 1 aromatic carbocycles. The first kappa shape index (κ1) is 13.8. The lowest BCUT2D eigenvalue weighted by Crippen LogP contribution is -2.40. The molecule has 1 aliphatic heterocycles. The van der Waals surface area contributed by atoms with Gasteiger partial charge in [0.1, 0.15) is 5.82 Å². The molecule has 1 amide bonds. The van der Waals surface area contributed by atoms with Crippen molar-refractivity contribution in [3.8, 4) is 0 Å². The third-order valence-corrected chi connectivity index (χ3v) is 3.56. The summed E-state index contributed by atoms with van der Waals surface area (Å²) in [7, 11) is 0. The number of rotatable bonds is 2. The van der Waals surface area contributed by atoms with Gasteiger partial charge in [-0.1, -0.05) is 11.6 Å². The topological polar surface area (TPSA) is 57.6 Å². The van der Waals surface area contributed by atoms with Crippen LogP contribution in [0.5, 0.6) is 0 Å². The van der Waals surface area contributed by atoms with Gasteiger partial charge < -0.3 is 5.11 Å². The molecule has 0 bridgehead atoms. The van der Waals surface area contributed by atoms with Gasteiger partial charge in [-0.25, -0.2) is 9.18 Å². The number of benzene rings is 1. The Morgan fingerprint density at radius 3 is 2.58 bits per heavy atom. The van der Waals surface area contributed by atoms with Crippen molar-refractivity contribution in [3.05, 3.63) is 34.6 Å². The lowest BCUT2D eigenvalue weighted by molar-refractivity contribution is -0.121. The first-order valence-electron chi connectivity index (χ1n) is 5.88. The molecule has 0 saturated carbocycles. The maximum atomic E-state index is 13.3. The van der Waals surface area contributed by atoms with Crippen molar-refractivity contribution in [1.82, 2.24) is 4.90 Å². The molecule has 1 aliphatic rings. The molecule has 19 heavy (non-hydrogen) atoms. The second-order valence-electron chi connectivity index (χ2n) is 4.61. The van der Waals surface area contributed by atoms with E-state index in [2.05, 4.69) is 0 Å². The standard InChI is InChI=1S/C13H13ClFNO3/c1-7(17)11-2-3-12(16(11)13(18)19)8-4-9(14)6-10(15)5-8/h4-6,11-12H,2-3H2,1H3,(H,18,19)/t11-,12+/m1/s1. The molecular formula is C13H13ClFNO3. The largest absolute Gasteiger partial charge is 0.465 e. The highest BCUT2D eigenvalue weighted by Crippen LogP contribution is 2.37. The molecule has 1 aromatic rings. The van der Waals surface area contributed by atoms with Crippen LogP contribution in [0.2, 0.25) is 5.02 Å². The van der Waals surface area contributed by atoms with Crippen LogP contribution in [-0.4, -0.2) is 27.9 Å². The predicted octanol–water partition coefficient (Wildman–Crippen LogP) is 3.25. The molecule has 0 aromatic heterocycles. The Labute approximate surface area is 114 Å². The van der Waals surface area contributed by atoms with Crippen molar-refractivity contribution in [2.24, 2.45) is 0 Å². The molecule has 1 N–H and O–H groups in total. The Kier molecular flexibility index (Phi) is 3.75. The van der Waals surface area contributed by atoms with E-state index in [1.165, 1.54) is 19.1 Å². The van der Waals surface area contributed by atoms with Crippen LogP contribution >= 0.6 is 11.6 Å². The van der Waals surface area contributed by atoms with E-state index in [4.69, 9.17) is 11.6 Å². The highest BCUT2D eigenvalue weighted by Gasteiger charge is 2.40. The van der Waals surface area contributed by atoms with Crippen LogP contribution in [0.3, 0.4) is 0 Å². The number of ketones is 1. The fourth-order valence-electron chi connectivity index (χ4n) is 2.57. The molecule has 0 radical (unpaired) electrons. The summed E-state index contributed by atoms with van der Waals surface area (Å²) in [6.45, 7) is 1.36. The van der Waals surface area contributed by atoms with Crippen LogP contribution in [0.1, 0.15) is 31.4 Å². The zero-order chi connectivity index (χ0) is 14.2. The Balaban J connectivity index is 2.38. The van der Waals surface area contributed by atoms with Gasteiger partial charge in [0.05, 0.1) is 12.1 Å². The minimum Gasteiger partial charge on any atom is -0.465 e. The molecule has 4 nitrogen and oxygen atoms in total. The van der Waals surface area contributed by atoms with Crippen molar-refractivity contribution in [1.29, 1.82) is 0 Å². The smallest absolute Gasteiger partial charge is 0.408 e. The van der Waals surface area contributed by atoms with Gasteiger partial charge in [0.2, 0.25) is 0 Å². The van der Waals surface area contributed by atoms with E-state index < -0.39 is 24.0 Å². The summed E-state index contributed by atoms with van der Waals surface area (Å²) in [6, 6.07) is 2.76. The lowest BCUT2D eigenvalue weighted by Gasteiger charge is -2.26. The first-order chi connectivity index (χ1) is 8.90. The van der Waals surface area contributed by atoms with E-state index in [-0.39, 0.29) is 10.8 Å². The van der Waals surface area contributed by atoms with Crippen molar-refractivity contribution in [2.75, 3.05) is 0 Å². The average Bonchev–Trinajstić information content (AvgIpc) is 2.71. The van der Waals surface area contributed by atoms with Crippen LogP contribution < -0.4 is 0 Å². The molecule has 0 aliphatic carbocycles. The molecule has 2 atom stereocenters. The van der Waals surface area contributed by atoms with Gasteiger partial charge in [0, 0.05) is 5.02 Å². The minimum atomic E-state index is -1.18. The maximum Gasteiger partial charge on any atom is 0.408 e. The van der Waals surface area contributed by atoms with Gasteiger partial charge in [-0.2, -0.15) is 0 Å². The third kappa shape index (κ3) is 2.71. The number of carbonyl (C=O) groups excluding carboxylic acids is 1. The number of carbonyl (C=O) groups is 2. The fraction of sp³-hybridized carbons (Fsp3) is 0.385. The Morgan fingerprint density at radius 2 is 2.05 bits per heavy atom. The number of Topliss-reactive ketones (excluding diaryl/α,β-unsaturated/α-hetero) is 1. The third-order valence-electron chi connectivity index (χ3n) is 3.34. The Morgan fingerprint density at radius 1 is 1.37 bits per heavy atom. The number of hydrogen-bond donors (Lipinski definition) is 1. The molecular weight excluding hydrogens is 273 g/mol. The molecule has 0 unspecified atom stereocenters. The molecule has 1 fully saturated rings. The van der Waals surface area contributed by atoms with Crippen LogP contribution in [0, 0.1) is 5.82 Å². The summed E-state index contributed by atoms with van der Waals surface area (Å²) in [5.74, 6) is -0.716. The van der Waals surface area contributed by atoms with E-state index in [1.807, 2.05) is 0 Å². The summed E-state index contributed by atoms with van der Waals surface area (Å²) in [5, 5.41) is 9.46. The van der Waals surface area contributed by atoms with Gasteiger partial charge in [-0.3, -0.25) is 9.69 Å². The molecule has 1 saturated heterocycles. The monoisotopic (exact) mass is 285 g/mol. The van der Waals surface area contributed by atoms with E-state index in [0.717, 1.165) is 11.0 Å². The van der Waals surface area contributed by atoms with Gasteiger partial charge in [-0.15, -0.1) is 0 Å². The first-order valence-corrected chi connectivity index (χ1v) is 6.25. The Bertz CT molecular complexity index is 514. The van der Waals surface area contributed by atoms with Crippen molar-refractivity contribution < 1.29 is 19.1 Å². The normalized spacial score (nSPS) is 22.6. The minimum absolute atomic E-state index is 0.201. The lowest BCUT2D eigenvalue weighted by atomic mass is 10.0. The summed E-state index contributed by atoms with van der Waals surface area (Å²) in [4.78, 5) is 23.9. The summed E-state index contributed by atoms with van der Waals surface area (Å²) in [6.07, 6.45) is -0.250. The number of nitrogens with zero attached hydrogens (tertiary/aromatic N) is 1. The number of hydrogen-bond acceptors (Lipinski definition) is 2. The van der Waals surface area contributed by atoms with Gasteiger partial charge in [0.15, 0.2) is 5.78 Å². The SMILES string of the molecule is CC(=O)[C@H]1CC[C@@H](c2cc(F)cc(Cl)c2)N1C(=O)O. The fourth-order valence-corrected chi connectivity index (χ4v) is 2.80. The number of halogens is 2. The number of carboxylic acid groups (broad SMARTS) is 1. The van der Waals surface area contributed by atoms with E-state index in [9.17, 15) is 19.1 Å². The maximum absolute atomic E-state index is 13.3. The second kappa shape index (κ2) is 5.17. The molecule has 0 spiro atoms. The van der Waals surface area contributed by atoms with Crippen molar-refractivity contribution >= 4 is 23.5 Å². The zero-order valence-corrected chi connectivity index (χ0v) is 11.0. The number of amides is 1. The molecule has 1 heterocycles. The van der Waals surface area contributed by atoms with Crippen LogP contribution in [0.25, 0.3) is 0 Å². The summed E-state index contributed by atoms with van der Waals surface area (Å²) >= 11 is 5.78.